The summed E-state index contributed by atoms with van der Waals surface area (Å²) in [5, 5.41) is 7.12. The van der Waals surface area contributed by atoms with Gasteiger partial charge < -0.3 is 9.80 Å². The molecule has 132 valence electrons. The van der Waals surface area contributed by atoms with Crippen LogP contribution in [0.2, 0.25) is 0 Å². The molecule has 7 nitrogen and oxygen atoms in total. The number of aromatic nitrogens is 4. The van der Waals surface area contributed by atoms with Crippen LogP contribution in [0.4, 0.5) is 5.82 Å². The van der Waals surface area contributed by atoms with Crippen molar-refractivity contribution in [3.05, 3.63) is 36.5 Å². The van der Waals surface area contributed by atoms with Crippen LogP contribution >= 0.6 is 0 Å². The molecule has 0 bridgehead atoms. The van der Waals surface area contributed by atoms with E-state index in [1.807, 2.05) is 6.07 Å². The highest BCUT2D eigenvalue weighted by atomic mass is 16.2. The standard InChI is InChI=1S/C18H24N6O/c25-18(24-10-1-3-14(12-24)16-5-6-21-22-16)15-4-2-9-23(13-15)17-11-19-7-8-20-17/h5-8,11,14-15H,1-4,9-10,12-13H2,(H,21,22)/t14-,15-/m1/s1. The van der Waals surface area contributed by atoms with Crippen LogP contribution in [0.3, 0.4) is 0 Å². The van der Waals surface area contributed by atoms with Gasteiger partial charge in [0, 0.05) is 56.4 Å². The number of nitrogens with one attached hydrogen (secondary N) is 1. The third kappa shape index (κ3) is 3.50. The summed E-state index contributed by atoms with van der Waals surface area (Å²) in [5.74, 6) is 1.59. The molecule has 2 fully saturated rings. The van der Waals surface area contributed by atoms with Crippen LogP contribution in [0.15, 0.2) is 30.9 Å². The summed E-state index contributed by atoms with van der Waals surface area (Å²) in [5.41, 5.74) is 1.14. The molecule has 1 amide bonds. The van der Waals surface area contributed by atoms with Gasteiger partial charge in [0.15, 0.2) is 0 Å². The highest BCUT2D eigenvalue weighted by molar-refractivity contribution is 5.80. The molecule has 0 saturated carbocycles. The Bertz CT molecular complexity index is 689. The van der Waals surface area contributed by atoms with Gasteiger partial charge in [-0.2, -0.15) is 5.10 Å². The van der Waals surface area contributed by atoms with Crippen molar-refractivity contribution in [3.63, 3.8) is 0 Å². The molecule has 1 N–H and O–H groups in total. The molecule has 0 radical (unpaired) electrons. The van der Waals surface area contributed by atoms with E-state index in [-0.39, 0.29) is 11.8 Å². The predicted molar refractivity (Wildman–Crippen MR) is 94.1 cm³/mol. The Labute approximate surface area is 147 Å². The molecule has 2 aromatic heterocycles. The van der Waals surface area contributed by atoms with Crippen LogP contribution in [-0.4, -0.2) is 57.2 Å². The van der Waals surface area contributed by atoms with E-state index in [9.17, 15) is 4.79 Å². The molecule has 4 rings (SSSR count). The van der Waals surface area contributed by atoms with Crippen molar-refractivity contribution in [1.29, 1.82) is 0 Å². The average Bonchev–Trinajstić information content (AvgIpc) is 3.23. The summed E-state index contributed by atoms with van der Waals surface area (Å²) < 4.78 is 0. The maximum absolute atomic E-state index is 13.1. The van der Waals surface area contributed by atoms with Crippen LogP contribution in [-0.2, 0) is 4.79 Å². The maximum atomic E-state index is 13.1. The fourth-order valence-electron chi connectivity index (χ4n) is 4.02. The lowest BCUT2D eigenvalue weighted by molar-refractivity contribution is -0.137. The SMILES string of the molecule is O=C([C@@H]1CCCN(c2cnccn2)C1)N1CCC[C@@H](c2ccn[nH]2)C1. The molecule has 2 aromatic rings. The Kier molecular flexibility index (Phi) is 4.63. The lowest BCUT2D eigenvalue weighted by Gasteiger charge is -2.38. The molecule has 0 unspecified atom stereocenters. The van der Waals surface area contributed by atoms with E-state index in [0.717, 1.165) is 63.4 Å². The fraction of sp³-hybridized carbons (Fsp3) is 0.556. The van der Waals surface area contributed by atoms with Crippen molar-refractivity contribution in [2.75, 3.05) is 31.1 Å². The summed E-state index contributed by atoms with van der Waals surface area (Å²) in [4.78, 5) is 25.9. The van der Waals surface area contributed by atoms with E-state index in [2.05, 4.69) is 30.0 Å². The number of anilines is 1. The average molecular weight is 340 g/mol. The van der Waals surface area contributed by atoms with Crippen LogP contribution in [0.5, 0.6) is 0 Å². The van der Waals surface area contributed by atoms with Gasteiger partial charge in [-0.3, -0.25) is 14.9 Å². The largest absolute Gasteiger partial charge is 0.355 e. The minimum atomic E-state index is 0.0521. The van der Waals surface area contributed by atoms with E-state index in [4.69, 9.17) is 0 Å². The second-order valence-corrected chi connectivity index (χ2v) is 6.98. The molecule has 25 heavy (non-hydrogen) atoms. The van der Waals surface area contributed by atoms with Crippen molar-refractivity contribution in [2.45, 2.75) is 31.6 Å². The molecule has 7 heteroatoms. The van der Waals surface area contributed by atoms with Crippen LogP contribution < -0.4 is 4.90 Å². The van der Waals surface area contributed by atoms with E-state index >= 15 is 0 Å². The zero-order chi connectivity index (χ0) is 17.1. The number of likely N-dealkylation sites (tertiary alicyclic amines) is 1. The van der Waals surface area contributed by atoms with Crippen LogP contribution in [0, 0.1) is 5.92 Å². The second-order valence-electron chi connectivity index (χ2n) is 6.98. The molecule has 4 heterocycles. The highest BCUT2D eigenvalue weighted by Crippen LogP contribution is 2.28. The molecule has 2 aliphatic rings. The first-order valence-corrected chi connectivity index (χ1v) is 9.10. The normalized spacial score (nSPS) is 24.3. The molecule has 0 spiro atoms. The number of hydrogen-bond donors (Lipinski definition) is 1. The first kappa shape index (κ1) is 16.1. The molecule has 0 aliphatic carbocycles. The molecule has 0 aromatic carbocycles. The number of hydrogen-bond acceptors (Lipinski definition) is 5. The lowest BCUT2D eigenvalue weighted by Crippen LogP contribution is -2.47. The first-order chi connectivity index (χ1) is 12.3. The Morgan fingerprint density at radius 1 is 1.12 bits per heavy atom. The van der Waals surface area contributed by atoms with E-state index in [0.29, 0.717) is 5.92 Å². The summed E-state index contributed by atoms with van der Waals surface area (Å²) >= 11 is 0. The van der Waals surface area contributed by atoms with Crippen molar-refractivity contribution in [2.24, 2.45) is 5.92 Å². The maximum Gasteiger partial charge on any atom is 0.227 e. The number of rotatable bonds is 3. The number of H-pyrrole nitrogens is 1. The van der Waals surface area contributed by atoms with Gasteiger partial charge >= 0.3 is 0 Å². The number of nitrogens with zero attached hydrogens (tertiary/aromatic N) is 5. The monoisotopic (exact) mass is 340 g/mol. The smallest absolute Gasteiger partial charge is 0.227 e. The third-order valence-corrected chi connectivity index (χ3v) is 5.34. The van der Waals surface area contributed by atoms with Gasteiger partial charge in [0.05, 0.1) is 12.1 Å². The molecule has 2 aliphatic heterocycles. The Hall–Kier alpha value is -2.44. The summed E-state index contributed by atoms with van der Waals surface area (Å²) in [7, 11) is 0. The van der Waals surface area contributed by atoms with E-state index in [1.54, 1.807) is 24.8 Å². The van der Waals surface area contributed by atoms with Gasteiger partial charge in [-0.1, -0.05) is 0 Å². The molecule has 2 atom stereocenters. The Morgan fingerprint density at radius 2 is 2.04 bits per heavy atom. The molecule has 2 saturated heterocycles. The predicted octanol–water partition coefficient (Wildman–Crippen LogP) is 1.82. The number of carbonyl (C=O) groups excluding carboxylic acids is 1. The highest BCUT2D eigenvalue weighted by Gasteiger charge is 2.33. The van der Waals surface area contributed by atoms with Gasteiger partial charge in [0.2, 0.25) is 5.91 Å². The van der Waals surface area contributed by atoms with Crippen molar-refractivity contribution < 1.29 is 4.79 Å². The van der Waals surface area contributed by atoms with Gasteiger partial charge in [0.1, 0.15) is 5.82 Å². The van der Waals surface area contributed by atoms with Gasteiger partial charge in [-0.15, -0.1) is 0 Å². The summed E-state index contributed by atoms with van der Waals surface area (Å²) in [6.07, 6.45) is 11.1. The van der Waals surface area contributed by atoms with Gasteiger partial charge in [-0.05, 0) is 31.7 Å². The summed E-state index contributed by atoms with van der Waals surface area (Å²) in [6.45, 7) is 3.34. The summed E-state index contributed by atoms with van der Waals surface area (Å²) in [6, 6.07) is 2.02. The zero-order valence-electron chi connectivity index (χ0n) is 14.3. The number of amides is 1. The number of aromatic amines is 1. The third-order valence-electron chi connectivity index (χ3n) is 5.34. The fourth-order valence-corrected chi connectivity index (χ4v) is 4.02. The molecular weight excluding hydrogens is 316 g/mol. The Balaban J connectivity index is 1.41. The van der Waals surface area contributed by atoms with E-state index in [1.165, 1.54) is 0 Å². The number of carbonyl (C=O) groups is 1. The minimum Gasteiger partial charge on any atom is -0.355 e. The molecular formula is C18H24N6O. The van der Waals surface area contributed by atoms with Crippen LogP contribution in [0.1, 0.15) is 37.3 Å². The number of piperidine rings is 2. The van der Waals surface area contributed by atoms with Gasteiger partial charge in [0.25, 0.3) is 0 Å². The van der Waals surface area contributed by atoms with Gasteiger partial charge in [-0.25, -0.2) is 4.98 Å². The van der Waals surface area contributed by atoms with Crippen molar-refractivity contribution in [1.82, 2.24) is 25.1 Å². The first-order valence-electron chi connectivity index (χ1n) is 9.10. The minimum absolute atomic E-state index is 0.0521. The van der Waals surface area contributed by atoms with E-state index < -0.39 is 0 Å². The second kappa shape index (κ2) is 7.21. The zero-order valence-corrected chi connectivity index (χ0v) is 14.3. The van der Waals surface area contributed by atoms with Crippen LogP contribution in [0.25, 0.3) is 0 Å². The van der Waals surface area contributed by atoms with Crippen molar-refractivity contribution in [3.8, 4) is 0 Å². The topological polar surface area (TPSA) is 78.0 Å². The van der Waals surface area contributed by atoms with Crippen molar-refractivity contribution >= 4 is 11.7 Å². The lowest BCUT2D eigenvalue weighted by atomic mass is 9.91. The Morgan fingerprint density at radius 3 is 2.84 bits per heavy atom. The quantitative estimate of drug-likeness (QED) is 0.922.